The molecule has 86 valence electrons. The van der Waals surface area contributed by atoms with E-state index in [1.54, 1.807) is 11.8 Å². The van der Waals surface area contributed by atoms with Crippen molar-refractivity contribution in [3.8, 4) is 0 Å². The van der Waals surface area contributed by atoms with E-state index in [1.165, 1.54) is 5.56 Å². The minimum atomic E-state index is 0.760. The van der Waals surface area contributed by atoms with Gasteiger partial charge < -0.3 is 0 Å². The predicted octanol–water partition coefficient (Wildman–Crippen LogP) is 4.27. The first-order valence-corrected chi connectivity index (χ1v) is 6.31. The van der Waals surface area contributed by atoms with Gasteiger partial charge >= 0.3 is 0 Å². The van der Waals surface area contributed by atoms with Crippen LogP contribution in [-0.2, 0) is 0 Å². The molecule has 0 atom stereocenters. The van der Waals surface area contributed by atoms with Crippen LogP contribution in [0.4, 0.5) is 0 Å². The van der Waals surface area contributed by atoms with Crippen LogP contribution in [0, 0.1) is 13.8 Å². The zero-order chi connectivity index (χ0) is 12.3. The summed E-state index contributed by atoms with van der Waals surface area (Å²) in [5.74, 6) is 0. The van der Waals surface area contributed by atoms with Crippen molar-refractivity contribution in [2.45, 2.75) is 23.6 Å². The maximum atomic E-state index is 11.0. The summed E-state index contributed by atoms with van der Waals surface area (Å²) >= 11 is 1.62. The highest BCUT2D eigenvalue weighted by Gasteiger charge is 2.04. The molecule has 0 saturated carbocycles. The molecule has 2 rings (SSSR count). The van der Waals surface area contributed by atoms with Gasteiger partial charge in [-0.05, 0) is 38.1 Å². The summed E-state index contributed by atoms with van der Waals surface area (Å²) in [6.07, 6.45) is 0.920. The van der Waals surface area contributed by atoms with E-state index >= 15 is 0 Å². The Morgan fingerprint density at radius 1 is 0.941 bits per heavy atom. The van der Waals surface area contributed by atoms with Gasteiger partial charge in [0.1, 0.15) is 0 Å². The Morgan fingerprint density at radius 3 is 2.24 bits per heavy atom. The number of rotatable bonds is 3. The molecule has 0 aromatic heterocycles. The van der Waals surface area contributed by atoms with E-state index in [4.69, 9.17) is 0 Å². The van der Waals surface area contributed by atoms with Gasteiger partial charge in [-0.25, -0.2) is 0 Å². The molecule has 0 bridgehead atoms. The molecule has 0 aliphatic heterocycles. The normalized spacial score (nSPS) is 10.2. The van der Waals surface area contributed by atoms with Crippen LogP contribution >= 0.6 is 11.8 Å². The summed E-state index contributed by atoms with van der Waals surface area (Å²) in [5.41, 5.74) is 3.12. The van der Waals surface area contributed by atoms with E-state index in [9.17, 15) is 4.79 Å². The monoisotopic (exact) mass is 242 g/mol. The van der Waals surface area contributed by atoms with Crippen LogP contribution in [0.2, 0.25) is 0 Å². The average molecular weight is 242 g/mol. The Kier molecular flexibility index (Phi) is 3.64. The van der Waals surface area contributed by atoms with Crippen LogP contribution in [0.3, 0.4) is 0 Å². The van der Waals surface area contributed by atoms with Crippen molar-refractivity contribution >= 4 is 18.0 Å². The molecule has 0 spiro atoms. The zero-order valence-electron chi connectivity index (χ0n) is 9.94. The maximum Gasteiger partial charge on any atom is 0.151 e. The molecular weight excluding hydrogens is 228 g/mol. The number of hydrogen-bond acceptors (Lipinski definition) is 2. The number of carbonyl (C=O) groups is 1. The number of carbonyl (C=O) groups excluding carboxylic acids is 1. The van der Waals surface area contributed by atoms with Crippen molar-refractivity contribution in [1.82, 2.24) is 0 Å². The molecular formula is C15H14OS. The molecule has 0 heterocycles. The standard InChI is InChI=1S/C15H14OS/c1-11-3-6-14(7-4-11)17-15-8-5-12(2)9-13(15)10-16/h3-10H,1-2H3. The molecule has 2 aromatic carbocycles. The van der Waals surface area contributed by atoms with E-state index in [1.807, 2.05) is 25.1 Å². The van der Waals surface area contributed by atoms with Gasteiger partial charge in [0, 0.05) is 15.4 Å². The van der Waals surface area contributed by atoms with Crippen molar-refractivity contribution in [2.24, 2.45) is 0 Å². The summed E-state index contributed by atoms with van der Waals surface area (Å²) in [7, 11) is 0. The molecule has 0 fully saturated rings. The summed E-state index contributed by atoms with van der Waals surface area (Å²) in [6.45, 7) is 4.06. The fourth-order valence-electron chi connectivity index (χ4n) is 1.59. The SMILES string of the molecule is Cc1ccc(Sc2ccc(C)cc2C=O)cc1. The Hall–Kier alpha value is -1.54. The first-order chi connectivity index (χ1) is 8.19. The van der Waals surface area contributed by atoms with Crippen LogP contribution in [0.1, 0.15) is 21.5 Å². The molecule has 17 heavy (non-hydrogen) atoms. The van der Waals surface area contributed by atoms with Crippen molar-refractivity contribution in [1.29, 1.82) is 0 Å². The third-order valence-corrected chi connectivity index (χ3v) is 3.64. The summed E-state index contributed by atoms with van der Waals surface area (Å²) in [6, 6.07) is 14.3. The van der Waals surface area contributed by atoms with E-state index in [0.29, 0.717) is 0 Å². The van der Waals surface area contributed by atoms with Gasteiger partial charge in [-0.2, -0.15) is 0 Å². The van der Waals surface area contributed by atoms with Gasteiger partial charge in [0.2, 0.25) is 0 Å². The lowest BCUT2D eigenvalue weighted by Crippen LogP contribution is -1.86. The fourth-order valence-corrected chi connectivity index (χ4v) is 2.47. The zero-order valence-corrected chi connectivity index (χ0v) is 10.8. The van der Waals surface area contributed by atoms with E-state index in [-0.39, 0.29) is 0 Å². The minimum Gasteiger partial charge on any atom is -0.298 e. The topological polar surface area (TPSA) is 17.1 Å². The molecule has 0 amide bonds. The first-order valence-electron chi connectivity index (χ1n) is 5.49. The first kappa shape index (κ1) is 11.9. The third-order valence-electron chi connectivity index (χ3n) is 2.54. The van der Waals surface area contributed by atoms with Gasteiger partial charge in [-0.15, -0.1) is 0 Å². The highest BCUT2D eigenvalue weighted by molar-refractivity contribution is 7.99. The summed E-state index contributed by atoms with van der Waals surface area (Å²) < 4.78 is 0. The van der Waals surface area contributed by atoms with Crippen LogP contribution in [0.5, 0.6) is 0 Å². The lowest BCUT2D eigenvalue weighted by Gasteiger charge is -2.06. The number of benzene rings is 2. The van der Waals surface area contributed by atoms with Gasteiger partial charge in [0.05, 0.1) is 0 Å². The Morgan fingerprint density at radius 2 is 1.59 bits per heavy atom. The smallest absolute Gasteiger partial charge is 0.151 e. The number of aryl methyl sites for hydroxylation is 2. The van der Waals surface area contributed by atoms with Crippen molar-refractivity contribution in [3.05, 3.63) is 59.2 Å². The molecule has 2 heteroatoms. The molecule has 0 unspecified atom stereocenters. The largest absolute Gasteiger partial charge is 0.298 e. The highest BCUT2D eigenvalue weighted by Crippen LogP contribution is 2.30. The van der Waals surface area contributed by atoms with Crippen molar-refractivity contribution in [2.75, 3.05) is 0 Å². The number of hydrogen-bond donors (Lipinski definition) is 0. The highest BCUT2D eigenvalue weighted by atomic mass is 32.2. The molecule has 2 aromatic rings. The van der Waals surface area contributed by atoms with Gasteiger partial charge in [0.15, 0.2) is 6.29 Å². The Balaban J connectivity index is 2.29. The average Bonchev–Trinajstić information content (AvgIpc) is 2.34. The van der Waals surface area contributed by atoms with Gasteiger partial charge in [-0.1, -0.05) is 41.1 Å². The fraction of sp³-hybridized carbons (Fsp3) is 0.133. The third kappa shape index (κ3) is 2.98. The molecule has 0 saturated heterocycles. The quantitative estimate of drug-likeness (QED) is 0.748. The second-order valence-corrected chi connectivity index (χ2v) is 5.19. The van der Waals surface area contributed by atoms with Crippen molar-refractivity contribution < 1.29 is 4.79 Å². The summed E-state index contributed by atoms with van der Waals surface area (Å²) in [5, 5.41) is 0. The Labute approximate surface area is 106 Å². The summed E-state index contributed by atoms with van der Waals surface area (Å²) in [4.78, 5) is 13.2. The maximum absolute atomic E-state index is 11.0. The van der Waals surface area contributed by atoms with Crippen LogP contribution < -0.4 is 0 Å². The van der Waals surface area contributed by atoms with E-state index < -0.39 is 0 Å². The van der Waals surface area contributed by atoms with Crippen LogP contribution in [-0.4, -0.2) is 6.29 Å². The predicted molar refractivity (Wildman–Crippen MR) is 71.9 cm³/mol. The molecule has 0 radical (unpaired) electrons. The lowest BCUT2D eigenvalue weighted by atomic mass is 10.2. The second-order valence-electron chi connectivity index (χ2n) is 4.07. The number of aldehydes is 1. The minimum absolute atomic E-state index is 0.760. The van der Waals surface area contributed by atoms with Gasteiger partial charge in [-0.3, -0.25) is 4.79 Å². The van der Waals surface area contributed by atoms with E-state index in [2.05, 4.69) is 31.2 Å². The van der Waals surface area contributed by atoms with Crippen LogP contribution in [0.15, 0.2) is 52.3 Å². The Bertz CT molecular complexity index is 529. The second kappa shape index (κ2) is 5.19. The van der Waals surface area contributed by atoms with E-state index in [0.717, 1.165) is 27.2 Å². The van der Waals surface area contributed by atoms with Crippen LogP contribution in [0.25, 0.3) is 0 Å². The van der Waals surface area contributed by atoms with Crippen molar-refractivity contribution in [3.63, 3.8) is 0 Å². The molecule has 0 N–H and O–H groups in total. The van der Waals surface area contributed by atoms with Gasteiger partial charge in [0.25, 0.3) is 0 Å². The molecule has 0 aliphatic carbocycles. The lowest BCUT2D eigenvalue weighted by molar-refractivity contribution is 0.112. The molecule has 0 aliphatic rings. The molecule has 1 nitrogen and oxygen atoms in total.